The van der Waals surface area contributed by atoms with E-state index in [0.29, 0.717) is 10.0 Å². The number of hydrogen-bond donors (Lipinski definition) is 1. The summed E-state index contributed by atoms with van der Waals surface area (Å²) in [5, 5.41) is 9.70. The van der Waals surface area contributed by atoms with E-state index in [9.17, 15) is 19.2 Å². The Hall–Kier alpha value is -1.69. The maximum Gasteiger partial charge on any atom is 0.325 e. The van der Waals surface area contributed by atoms with E-state index in [2.05, 4.69) is 31.9 Å². The average Bonchev–Trinajstić information content (AvgIpc) is 3.72. The molecule has 4 rings (SSSR count). The molecule has 0 aliphatic carbocycles. The van der Waals surface area contributed by atoms with E-state index in [1.54, 1.807) is 65.3 Å². The fraction of sp³-hybridized carbons (Fsp3) is 0.467. The van der Waals surface area contributed by atoms with E-state index < -0.39 is 33.1 Å². The van der Waals surface area contributed by atoms with Gasteiger partial charge in [0.1, 0.15) is 15.8 Å². The van der Waals surface area contributed by atoms with E-state index in [-0.39, 0.29) is 11.8 Å². The number of ether oxygens (including phenoxy) is 1. The predicted octanol–water partition coefficient (Wildman–Crippen LogP) is 6.86. The van der Waals surface area contributed by atoms with Crippen molar-refractivity contribution < 1.29 is 29.0 Å². The molecule has 2 amide bonds. The van der Waals surface area contributed by atoms with Crippen molar-refractivity contribution >= 4 is 89.7 Å². The molecular formula is C30H35Br2Cl3N2O6. The lowest BCUT2D eigenvalue weighted by Gasteiger charge is -2.21. The van der Waals surface area contributed by atoms with Crippen molar-refractivity contribution in [1.29, 1.82) is 0 Å². The molecule has 0 spiro atoms. The van der Waals surface area contributed by atoms with Crippen LogP contribution in [0.15, 0.2) is 48.5 Å². The predicted molar refractivity (Wildman–Crippen MR) is 176 cm³/mol. The van der Waals surface area contributed by atoms with E-state index in [1.165, 1.54) is 6.92 Å². The number of nitrogens with zero attached hydrogens (tertiary/aromatic N) is 2. The number of carbonyl (C=O) groups excluding carboxylic acids is 4. The van der Waals surface area contributed by atoms with Crippen molar-refractivity contribution in [2.75, 3.05) is 26.2 Å². The summed E-state index contributed by atoms with van der Waals surface area (Å²) >= 11 is 23.2. The van der Waals surface area contributed by atoms with Gasteiger partial charge in [0, 0.05) is 36.2 Å². The summed E-state index contributed by atoms with van der Waals surface area (Å²) in [5.41, 5.74) is 1.55. The molecule has 0 bridgehead atoms. The molecule has 1 N–H and O–H groups in total. The van der Waals surface area contributed by atoms with E-state index in [1.807, 2.05) is 0 Å². The zero-order valence-electron chi connectivity index (χ0n) is 23.9. The number of likely N-dealkylation sites (tertiary alicyclic amines) is 2. The molecule has 2 fully saturated rings. The summed E-state index contributed by atoms with van der Waals surface area (Å²) in [5.74, 6) is -0.730. The quantitative estimate of drug-likeness (QED) is 0.187. The molecule has 43 heavy (non-hydrogen) atoms. The second kappa shape index (κ2) is 19.0. The third kappa shape index (κ3) is 12.7. The first kappa shape index (κ1) is 37.5. The van der Waals surface area contributed by atoms with Crippen molar-refractivity contribution in [2.24, 2.45) is 0 Å². The summed E-state index contributed by atoms with van der Waals surface area (Å²) in [6.07, 6.45) is 2.61. The third-order valence-electron chi connectivity index (χ3n) is 6.57. The van der Waals surface area contributed by atoms with Gasteiger partial charge in [-0.25, -0.2) is 0 Å². The van der Waals surface area contributed by atoms with Crippen LogP contribution in [0.25, 0.3) is 0 Å². The van der Waals surface area contributed by atoms with Gasteiger partial charge >= 0.3 is 5.97 Å². The van der Waals surface area contributed by atoms with Crippen LogP contribution >= 0.6 is 66.7 Å². The maximum absolute atomic E-state index is 12.1. The van der Waals surface area contributed by atoms with Gasteiger partial charge in [0.25, 0.3) is 11.8 Å². The first-order chi connectivity index (χ1) is 20.3. The van der Waals surface area contributed by atoms with Crippen LogP contribution in [0.4, 0.5) is 0 Å². The molecule has 236 valence electrons. The van der Waals surface area contributed by atoms with Gasteiger partial charge in [0.2, 0.25) is 5.24 Å². The van der Waals surface area contributed by atoms with E-state index in [0.717, 1.165) is 63.0 Å². The van der Waals surface area contributed by atoms with Crippen LogP contribution in [0.1, 0.15) is 60.3 Å². The molecule has 2 aliphatic rings. The highest BCUT2D eigenvalue weighted by atomic mass is 79.9. The van der Waals surface area contributed by atoms with Crippen molar-refractivity contribution in [3.8, 4) is 0 Å². The van der Waals surface area contributed by atoms with Crippen LogP contribution in [0.2, 0.25) is 10.0 Å². The highest BCUT2D eigenvalue weighted by molar-refractivity contribution is 9.09. The molecule has 0 radical (unpaired) electrons. The topological polar surface area (TPSA) is 104 Å². The molecule has 2 heterocycles. The number of halogens is 5. The lowest BCUT2D eigenvalue weighted by atomic mass is 10.1. The lowest BCUT2D eigenvalue weighted by molar-refractivity contribution is -0.158. The minimum atomic E-state index is -0.821. The molecule has 2 aliphatic heterocycles. The maximum atomic E-state index is 12.1. The summed E-state index contributed by atoms with van der Waals surface area (Å²) < 4.78 is 5.26. The second-order valence-electron chi connectivity index (χ2n) is 9.95. The fourth-order valence-electron chi connectivity index (χ4n) is 4.21. The molecule has 2 saturated heterocycles. The van der Waals surface area contributed by atoms with Gasteiger partial charge < -0.3 is 19.6 Å². The van der Waals surface area contributed by atoms with Gasteiger partial charge in [-0.15, -0.1) is 0 Å². The Morgan fingerprint density at radius 1 is 0.721 bits per heavy atom. The molecular weight excluding hydrogens is 751 g/mol. The molecule has 8 nitrogen and oxygen atoms in total. The molecule has 4 atom stereocenters. The zero-order chi connectivity index (χ0) is 32.1. The fourth-order valence-corrected chi connectivity index (χ4v) is 5.31. The number of amides is 2. The molecule has 2 unspecified atom stereocenters. The summed E-state index contributed by atoms with van der Waals surface area (Å²) in [7, 11) is 0. The van der Waals surface area contributed by atoms with Gasteiger partial charge in [-0.3, -0.25) is 19.2 Å². The Labute approximate surface area is 284 Å². The Morgan fingerprint density at radius 2 is 1.09 bits per heavy atom. The van der Waals surface area contributed by atoms with E-state index >= 15 is 0 Å². The Balaban J connectivity index is 0.000000248. The summed E-state index contributed by atoms with van der Waals surface area (Å²) in [4.78, 5) is 48.3. The molecule has 2 aromatic rings. The summed E-state index contributed by atoms with van der Waals surface area (Å²) in [6, 6.07) is 13.8. The largest absolute Gasteiger partial charge is 0.451 e. The van der Waals surface area contributed by atoms with Gasteiger partial charge in [0.05, 0.1) is 0 Å². The number of esters is 1. The minimum Gasteiger partial charge on any atom is -0.451 e. The number of rotatable bonds is 7. The molecule has 13 heteroatoms. The Kier molecular flexibility index (Phi) is 16.5. The Morgan fingerprint density at radius 3 is 1.47 bits per heavy atom. The highest BCUT2D eigenvalue weighted by Gasteiger charge is 2.28. The standard InChI is InChI=1S/C15H17BrClNO3.C8H5BrCl2O.C7H13NO2/c1-10(14(19)18-8-2-3-9-18)21-15(20)13(16)11-4-6-12(17)7-5-11;9-7(8(11)12)5-1-3-6(10)4-2-5;1-6(9)7(10)8-4-2-3-5-8/h4-7,10,13H,2-3,8-9H2,1H3;1-4,7H;6,9H,2-5H2,1H3/t10-,13?;;6-/m0.0/s1. The van der Waals surface area contributed by atoms with Crippen LogP contribution < -0.4 is 0 Å². The van der Waals surface area contributed by atoms with Crippen LogP contribution in [0.3, 0.4) is 0 Å². The SMILES string of the molecule is C[C@H](O)C(=O)N1CCCC1.C[C@H](OC(=O)C(Br)c1ccc(Cl)cc1)C(=O)N1CCCC1.O=C(Cl)C(Br)c1ccc(Cl)cc1. The van der Waals surface area contributed by atoms with Crippen LogP contribution in [-0.4, -0.2) is 76.3 Å². The number of aliphatic hydroxyl groups excluding tert-OH is 1. The van der Waals surface area contributed by atoms with Crippen molar-refractivity contribution in [2.45, 2.75) is 61.4 Å². The van der Waals surface area contributed by atoms with Crippen LogP contribution in [0, 0.1) is 0 Å². The zero-order valence-corrected chi connectivity index (χ0v) is 29.3. The molecule has 0 saturated carbocycles. The lowest BCUT2D eigenvalue weighted by Crippen LogP contribution is -2.38. The van der Waals surface area contributed by atoms with Gasteiger partial charge in [-0.2, -0.15) is 0 Å². The third-order valence-corrected chi connectivity index (χ3v) is 9.40. The highest BCUT2D eigenvalue weighted by Crippen LogP contribution is 2.27. The number of carbonyl (C=O) groups is 4. The van der Waals surface area contributed by atoms with Crippen molar-refractivity contribution in [3.63, 3.8) is 0 Å². The monoisotopic (exact) mass is 782 g/mol. The number of benzene rings is 2. The first-order valence-electron chi connectivity index (χ1n) is 13.8. The van der Waals surface area contributed by atoms with Gasteiger partial charge in [-0.05, 0) is 86.5 Å². The number of hydrogen-bond acceptors (Lipinski definition) is 6. The van der Waals surface area contributed by atoms with Crippen LogP contribution in [-0.2, 0) is 23.9 Å². The number of alkyl halides is 2. The summed E-state index contributed by atoms with van der Waals surface area (Å²) in [6.45, 7) is 6.26. The van der Waals surface area contributed by atoms with E-state index in [4.69, 9.17) is 44.6 Å². The molecule has 2 aromatic carbocycles. The van der Waals surface area contributed by atoms with Crippen molar-refractivity contribution in [1.82, 2.24) is 9.80 Å². The van der Waals surface area contributed by atoms with Gasteiger partial charge in [0.15, 0.2) is 6.10 Å². The van der Waals surface area contributed by atoms with Gasteiger partial charge in [-0.1, -0.05) is 79.3 Å². The minimum absolute atomic E-state index is 0.127. The average molecular weight is 786 g/mol. The second-order valence-corrected chi connectivity index (χ2v) is 13.0. The number of aliphatic hydroxyl groups is 1. The Bertz CT molecular complexity index is 1210. The van der Waals surface area contributed by atoms with Crippen molar-refractivity contribution in [3.05, 3.63) is 69.7 Å². The normalized spacial score (nSPS) is 16.9. The first-order valence-corrected chi connectivity index (χ1v) is 16.7. The van der Waals surface area contributed by atoms with Crippen LogP contribution in [0.5, 0.6) is 0 Å². The smallest absolute Gasteiger partial charge is 0.325 e. The molecule has 0 aromatic heterocycles.